The second kappa shape index (κ2) is 7.00. The van der Waals surface area contributed by atoms with Gasteiger partial charge in [-0.25, -0.2) is 4.79 Å². The van der Waals surface area contributed by atoms with E-state index < -0.39 is 17.4 Å². The van der Waals surface area contributed by atoms with Gasteiger partial charge in [0, 0.05) is 5.56 Å². The van der Waals surface area contributed by atoms with E-state index in [1.165, 1.54) is 4.80 Å². The summed E-state index contributed by atoms with van der Waals surface area (Å²) < 4.78 is 0. The second-order valence-corrected chi connectivity index (χ2v) is 6.51. The Hall–Kier alpha value is -2.77. The summed E-state index contributed by atoms with van der Waals surface area (Å²) in [4.78, 5) is 25.1. The van der Waals surface area contributed by atoms with E-state index in [0.29, 0.717) is 18.7 Å². The predicted octanol–water partition coefficient (Wildman–Crippen LogP) is 1.55. The Balaban J connectivity index is 1.67. The third kappa shape index (κ3) is 3.84. The molecule has 1 aromatic carbocycles. The number of hydrogen-bond donors (Lipinski definition) is 2. The van der Waals surface area contributed by atoms with E-state index in [-0.39, 0.29) is 6.54 Å². The molecule has 1 amide bonds. The van der Waals surface area contributed by atoms with Crippen LogP contribution in [0.2, 0.25) is 0 Å². The van der Waals surface area contributed by atoms with Crippen LogP contribution >= 0.6 is 0 Å². The number of aryl methyl sites for hydroxylation is 1. The molecule has 2 N–H and O–H groups in total. The lowest BCUT2D eigenvalue weighted by atomic mass is 9.81. The van der Waals surface area contributed by atoms with Crippen LogP contribution in [-0.2, 0) is 16.1 Å². The molecule has 0 unspecified atom stereocenters. The average Bonchev–Trinajstić information content (AvgIpc) is 3.04. The number of amides is 1. The lowest BCUT2D eigenvalue weighted by Crippen LogP contribution is -2.56. The van der Waals surface area contributed by atoms with Gasteiger partial charge in [-0.3, -0.25) is 4.79 Å². The summed E-state index contributed by atoms with van der Waals surface area (Å²) in [7, 11) is 0. The molecule has 0 aliphatic heterocycles. The monoisotopic (exact) mass is 343 g/mol. The van der Waals surface area contributed by atoms with E-state index in [1.54, 1.807) is 0 Å². The topological polar surface area (TPSA) is 110 Å². The Labute approximate surface area is 145 Å². The van der Waals surface area contributed by atoms with Crippen molar-refractivity contribution in [3.63, 3.8) is 0 Å². The number of hydrogen-bond acceptors (Lipinski definition) is 5. The number of benzene rings is 1. The minimum atomic E-state index is -1.17. The van der Waals surface area contributed by atoms with Gasteiger partial charge in [0.25, 0.3) is 0 Å². The van der Waals surface area contributed by atoms with E-state index >= 15 is 0 Å². The molecule has 8 nitrogen and oxygen atoms in total. The Morgan fingerprint density at radius 1 is 1.20 bits per heavy atom. The van der Waals surface area contributed by atoms with Crippen molar-refractivity contribution in [2.75, 3.05) is 0 Å². The molecule has 0 atom stereocenters. The van der Waals surface area contributed by atoms with Crippen molar-refractivity contribution in [2.24, 2.45) is 0 Å². The van der Waals surface area contributed by atoms with Gasteiger partial charge in [-0.1, -0.05) is 49.1 Å². The molecule has 0 saturated heterocycles. The van der Waals surface area contributed by atoms with Crippen LogP contribution in [0.15, 0.2) is 24.3 Å². The van der Waals surface area contributed by atoms with Gasteiger partial charge < -0.3 is 10.4 Å². The number of carboxylic acid groups (broad SMARTS) is 1. The van der Waals surface area contributed by atoms with E-state index in [2.05, 4.69) is 20.7 Å². The maximum Gasteiger partial charge on any atom is 0.329 e. The van der Waals surface area contributed by atoms with Crippen LogP contribution in [0.4, 0.5) is 0 Å². The maximum absolute atomic E-state index is 12.3. The van der Waals surface area contributed by atoms with Crippen LogP contribution in [0.1, 0.15) is 37.7 Å². The van der Waals surface area contributed by atoms with Gasteiger partial charge in [-0.2, -0.15) is 4.80 Å². The Kier molecular flexibility index (Phi) is 4.78. The van der Waals surface area contributed by atoms with Gasteiger partial charge in [0.1, 0.15) is 12.1 Å². The van der Waals surface area contributed by atoms with Crippen LogP contribution in [0.3, 0.4) is 0 Å². The molecule has 1 fully saturated rings. The summed E-state index contributed by atoms with van der Waals surface area (Å²) in [6.45, 7) is 1.83. The molecule has 132 valence electrons. The highest BCUT2D eigenvalue weighted by Crippen LogP contribution is 2.28. The van der Waals surface area contributed by atoms with Crippen LogP contribution in [0.25, 0.3) is 11.4 Å². The number of nitrogens with zero attached hydrogens (tertiary/aromatic N) is 4. The molecular weight excluding hydrogens is 322 g/mol. The third-order valence-corrected chi connectivity index (χ3v) is 4.54. The standard InChI is InChI=1S/C17H21N5O3/c1-12-5-7-13(8-6-12)15-19-21-22(20-15)11-14(23)18-17(16(24)25)9-3-2-4-10-17/h5-8H,2-4,9-11H2,1H3,(H,18,23)(H,24,25). The summed E-state index contributed by atoms with van der Waals surface area (Å²) in [6.07, 6.45) is 3.49. The molecule has 1 aliphatic rings. The fraction of sp³-hybridized carbons (Fsp3) is 0.471. The first-order valence-corrected chi connectivity index (χ1v) is 8.38. The smallest absolute Gasteiger partial charge is 0.329 e. The maximum atomic E-state index is 12.3. The molecule has 1 heterocycles. The highest BCUT2D eigenvalue weighted by molar-refractivity contribution is 5.87. The van der Waals surface area contributed by atoms with Crippen molar-refractivity contribution in [1.82, 2.24) is 25.5 Å². The molecule has 8 heteroatoms. The lowest BCUT2D eigenvalue weighted by Gasteiger charge is -2.33. The number of aromatic nitrogens is 4. The van der Waals surface area contributed by atoms with Gasteiger partial charge in [0.15, 0.2) is 0 Å². The van der Waals surface area contributed by atoms with Gasteiger partial charge >= 0.3 is 5.97 Å². The Bertz CT molecular complexity index is 763. The summed E-state index contributed by atoms with van der Waals surface area (Å²) in [5.41, 5.74) is 0.768. The van der Waals surface area contributed by atoms with Crippen molar-refractivity contribution in [1.29, 1.82) is 0 Å². The first-order chi connectivity index (χ1) is 12.0. The fourth-order valence-electron chi connectivity index (χ4n) is 3.11. The second-order valence-electron chi connectivity index (χ2n) is 6.51. The van der Waals surface area contributed by atoms with Crippen LogP contribution in [0.5, 0.6) is 0 Å². The van der Waals surface area contributed by atoms with Gasteiger partial charge in [-0.05, 0) is 25.0 Å². The predicted molar refractivity (Wildman–Crippen MR) is 89.6 cm³/mol. The summed E-state index contributed by atoms with van der Waals surface area (Å²) in [5, 5.41) is 24.2. The van der Waals surface area contributed by atoms with E-state index in [9.17, 15) is 14.7 Å². The molecule has 0 radical (unpaired) electrons. The van der Waals surface area contributed by atoms with Crippen molar-refractivity contribution >= 4 is 11.9 Å². The van der Waals surface area contributed by atoms with E-state index in [4.69, 9.17) is 0 Å². The number of nitrogens with one attached hydrogen (secondary N) is 1. The minimum absolute atomic E-state index is 0.159. The zero-order valence-electron chi connectivity index (χ0n) is 14.1. The SMILES string of the molecule is Cc1ccc(-c2nnn(CC(=O)NC3(C(=O)O)CCCCC3)n2)cc1. The van der Waals surface area contributed by atoms with Crippen molar-refractivity contribution in [3.05, 3.63) is 29.8 Å². The highest BCUT2D eigenvalue weighted by atomic mass is 16.4. The van der Waals surface area contributed by atoms with Crippen LogP contribution in [-0.4, -0.2) is 42.7 Å². The number of rotatable bonds is 5. The summed E-state index contributed by atoms with van der Waals surface area (Å²) in [5.74, 6) is -0.969. The Morgan fingerprint density at radius 2 is 1.88 bits per heavy atom. The molecule has 0 spiro atoms. The summed E-state index contributed by atoms with van der Waals surface area (Å²) in [6, 6.07) is 7.67. The third-order valence-electron chi connectivity index (χ3n) is 4.54. The van der Waals surface area contributed by atoms with Crippen LogP contribution in [0, 0.1) is 6.92 Å². The molecule has 1 saturated carbocycles. The Morgan fingerprint density at radius 3 is 2.52 bits per heavy atom. The first-order valence-electron chi connectivity index (χ1n) is 8.38. The fourth-order valence-corrected chi connectivity index (χ4v) is 3.11. The summed E-state index contributed by atoms with van der Waals surface area (Å²) >= 11 is 0. The quantitative estimate of drug-likeness (QED) is 0.852. The highest BCUT2D eigenvalue weighted by Gasteiger charge is 2.40. The van der Waals surface area contributed by atoms with Gasteiger partial charge in [0.2, 0.25) is 11.7 Å². The molecule has 25 heavy (non-hydrogen) atoms. The molecular formula is C17H21N5O3. The zero-order chi connectivity index (χ0) is 17.9. The number of tetrazole rings is 1. The molecule has 0 bridgehead atoms. The van der Waals surface area contributed by atoms with Crippen LogP contribution < -0.4 is 5.32 Å². The van der Waals surface area contributed by atoms with Gasteiger partial charge in [-0.15, -0.1) is 10.2 Å². The molecule has 2 aromatic rings. The van der Waals surface area contributed by atoms with Crippen molar-refractivity contribution in [3.8, 4) is 11.4 Å². The first kappa shape index (κ1) is 17.1. The largest absolute Gasteiger partial charge is 0.480 e. The number of carboxylic acids is 1. The number of carbonyl (C=O) groups excluding carboxylic acids is 1. The minimum Gasteiger partial charge on any atom is -0.480 e. The average molecular weight is 343 g/mol. The molecule has 3 rings (SSSR count). The zero-order valence-corrected chi connectivity index (χ0v) is 14.1. The number of carbonyl (C=O) groups is 2. The number of aliphatic carboxylic acids is 1. The van der Waals surface area contributed by atoms with E-state index in [1.807, 2.05) is 31.2 Å². The molecule has 1 aromatic heterocycles. The molecule has 1 aliphatic carbocycles. The van der Waals surface area contributed by atoms with Crippen molar-refractivity contribution in [2.45, 2.75) is 51.1 Å². The van der Waals surface area contributed by atoms with Crippen molar-refractivity contribution < 1.29 is 14.7 Å². The van der Waals surface area contributed by atoms with E-state index in [0.717, 1.165) is 30.4 Å². The lowest BCUT2D eigenvalue weighted by molar-refractivity contribution is -0.149. The van der Waals surface area contributed by atoms with Gasteiger partial charge in [0.05, 0.1) is 0 Å². The normalized spacial score (nSPS) is 16.4.